The summed E-state index contributed by atoms with van der Waals surface area (Å²) in [5.41, 5.74) is -1.07. The fraction of sp³-hybridized carbons (Fsp3) is 0.583. The zero-order chi connectivity index (χ0) is 13.3. The highest BCUT2D eigenvalue weighted by atomic mass is 16.4. The smallest absolute Gasteiger partial charge is 0.311 e. The largest absolute Gasteiger partial charge is 0.481 e. The Morgan fingerprint density at radius 1 is 1.67 bits per heavy atom. The minimum atomic E-state index is -0.831. The second-order valence-electron chi connectivity index (χ2n) is 5.00. The summed E-state index contributed by atoms with van der Waals surface area (Å²) < 4.78 is 1.42. The molecule has 0 aliphatic heterocycles. The van der Waals surface area contributed by atoms with Crippen molar-refractivity contribution in [2.24, 2.45) is 12.5 Å². The molecule has 6 nitrogen and oxygen atoms in total. The zero-order valence-corrected chi connectivity index (χ0v) is 10.5. The van der Waals surface area contributed by atoms with Gasteiger partial charge in [-0.05, 0) is 19.8 Å². The van der Waals surface area contributed by atoms with Gasteiger partial charge in [0.05, 0.1) is 5.41 Å². The van der Waals surface area contributed by atoms with E-state index in [1.54, 1.807) is 20.2 Å². The third-order valence-electron chi connectivity index (χ3n) is 3.77. The third-order valence-corrected chi connectivity index (χ3v) is 3.77. The maximum Gasteiger partial charge on any atom is 0.311 e. The van der Waals surface area contributed by atoms with Crippen molar-refractivity contribution < 1.29 is 9.90 Å². The minimum absolute atomic E-state index is 0.222. The zero-order valence-electron chi connectivity index (χ0n) is 10.5. The molecule has 0 bridgehead atoms. The van der Waals surface area contributed by atoms with E-state index in [1.165, 1.54) is 10.8 Å². The van der Waals surface area contributed by atoms with Crippen molar-refractivity contribution in [2.75, 3.05) is 5.32 Å². The Morgan fingerprint density at radius 3 is 3.06 bits per heavy atom. The summed E-state index contributed by atoms with van der Waals surface area (Å²) in [5, 5.41) is 12.3. The summed E-state index contributed by atoms with van der Waals surface area (Å²) in [6.07, 6.45) is 5.29. The van der Waals surface area contributed by atoms with E-state index in [9.17, 15) is 14.7 Å². The van der Waals surface area contributed by atoms with E-state index in [0.717, 1.165) is 12.8 Å². The van der Waals surface area contributed by atoms with E-state index in [2.05, 4.69) is 10.3 Å². The van der Waals surface area contributed by atoms with E-state index in [0.29, 0.717) is 6.42 Å². The summed E-state index contributed by atoms with van der Waals surface area (Å²) in [5.74, 6) is -0.607. The van der Waals surface area contributed by atoms with Crippen LogP contribution < -0.4 is 10.9 Å². The molecule has 6 heteroatoms. The molecule has 1 saturated carbocycles. The average Bonchev–Trinajstić information content (AvgIpc) is 2.68. The topological polar surface area (TPSA) is 84.2 Å². The molecule has 1 aromatic rings. The number of aliphatic carboxylic acids is 1. The maximum absolute atomic E-state index is 11.8. The third kappa shape index (κ3) is 1.98. The molecule has 1 fully saturated rings. The molecular weight excluding hydrogens is 234 g/mol. The van der Waals surface area contributed by atoms with Crippen LogP contribution in [0, 0.1) is 5.41 Å². The quantitative estimate of drug-likeness (QED) is 0.831. The molecule has 2 rings (SSSR count). The first kappa shape index (κ1) is 12.6. The van der Waals surface area contributed by atoms with Crippen molar-refractivity contribution in [2.45, 2.75) is 32.2 Å². The van der Waals surface area contributed by atoms with E-state index < -0.39 is 11.4 Å². The number of nitrogens with zero attached hydrogens (tertiary/aromatic N) is 2. The lowest BCUT2D eigenvalue weighted by Crippen LogP contribution is -2.41. The van der Waals surface area contributed by atoms with Gasteiger partial charge in [-0.1, -0.05) is 6.42 Å². The van der Waals surface area contributed by atoms with E-state index in [1.807, 2.05) is 0 Å². The number of carbonyl (C=O) groups is 1. The van der Waals surface area contributed by atoms with Crippen molar-refractivity contribution in [1.82, 2.24) is 9.55 Å². The van der Waals surface area contributed by atoms with Gasteiger partial charge in [0.25, 0.3) is 5.56 Å². The molecule has 0 aromatic carbocycles. The molecule has 1 aliphatic rings. The van der Waals surface area contributed by atoms with Crippen molar-refractivity contribution >= 4 is 11.8 Å². The fourth-order valence-electron chi connectivity index (χ4n) is 2.42. The molecule has 0 spiro atoms. The number of hydrogen-bond donors (Lipinski definition) is 2. The Hall–Kier alpha value is -1.85. The molecule has 18 heavy (non-hydrogen) atoms. The van der Waals surface area contributed by atoms with Gasteiger partial charge in [0.2, 0.25) is 0 Å². The normalized spacial score (nSPS) is 27.1. The van der Waals surface area contributed by atoms with Gasteiger partial charge < -0.3 is 15.0 Å². The summed E-state index contributed by atoms with van der Waals surface area (Å²) in [7, 11) is 1.64. The maximum atomic E-state index is 11.8. The lowest BCUT2D eigenvalue weighted by atomic mass is 9.85. The SMILES string of the molecule is Cn1ccnc(NC2CCCC2(C)C(=O)O)c1=O. The number of rotatable bonds is 3. The molecule has 1 aromatic heterocycles. The van der Waals surface area contributed by atoms with Gasteiger partial charge in [-0.2, -0.15) is 0 Å². The molecule has 2 atom stereocenters. The van der Waals surface area contributed by atoms with Gasteiger partial charge in [-0.15, -0.1) is 0 Å². The molecule has 2 N–H and O–H groups in total. The average molecular weight is 251 g/mol. The van der Waals surface area contributed by atoms with E-state index in [4.69, 9.17) is 0 Å². The second kappa shape index (κ2) is 4.44. The number of aryl methyl sites for hydroxylation is 1. The Morgan fingerprint density at radius 2 is 2.39 bits per heavy atom. The standard InChI is InChI=1S/C12H17N3O3/c1-12(11(17)18)5-3-4-8(12)14-9-10(16)15(2)7-6-13-9/h6-8H,3-5H2,1-2H3,(H,13,14)(H,17,18). The molecule has 0 saturated heterocycles. The van der Waals surface area contributed by atoms with Gasteiger partial charge in [0.15, 0.2) is 5.82 Å². The van der Waals surface area contributed by atoms with E-state index >= 15 is 0 Å². The number of anilines is 1. The van der Waals surface area contributed by atoms with E-state index in [-0.39, 0.29) is 17.4 Å². The van der Waals surface area contributed by atoms with Crippen molar-refractivity contribution in [1.29, 1.82) is 0 Å². The molecule has 0 radical (unpaired) electrons. The van der Waals surface area contributed by atoms with Crippen molar-refractivity contribution in [3.8, 4) is 0 Å². The van der Waals surface area contributed by atoms with Crippen LogP contribution in [0.15, 0.2) is 17.2 Å². The van der Waals surface area contributed by atoms with Crippen LogP contribution in [-0.2, 0) is 11.8 Å². The van der Waals surface area contributed by atoms with Gasteiger partial charge in [0.1, 0.15) is 0 Å². The summed E-state index contributed by atoms with van der Waals surface area (Å²) in [6.45, 7) is 1.72. The summed E-state index contributed by atoms with van der Waals surface area (Å²) >= 11 is 0. The number of nitrogens with one attached hydrogen (secondary N) is 1. The Bertz CT molecular complexity index is 526. The number of aromatic nitrogens is 2. The lowest BCUT2D eigenvalue weighted by Gasteiger charge is -2.27. The Labute approximate surface area is 105 Å². The molecule has 1 aliphatic carbocycles. The number of carboxylic acid groups (broad SMARTS) is 1. The van der Waals surface area contributed by atoms with Crippen LogP contribution in [0.25, 0.3) is 0 Å². The highest BCUT2D eigenvalue weighted by Crippen LogP contribution is 2.39. The van der Waals surface area contributed by atoms with Gasteiger partial charge in [0, 0.05) is 25.5 Å². The first-order valence-electron chi connectivity index (χ1n) is 5.97. The second-order valence-corrected chi connectivity index (χ2v) is 5.00. The fourth-order valence-corrected chi connectivity index (χ4v) is 2.42. The van der Waals surface area contributed by atoms with Crippen LogP contribution >= 0.6 is 0 Å². The highest BCUT2D eigenvalue weighted by molar-refractivity contribution is 5.76. The Balaban J connectivity index is 2.26. The van der Waals surface area contributed by atoms with Gasteiger partial charge in [-0.25, -0.2) is 4.98 Å². The molecular formula is C12H17N3O3. The molecule has 0 amide bonds. The predicted octanol–water partition coefficient (Wildman–Crippen LogP) is 0.836. The van der Waals surface area contributed by atoms with Crippen LogP contribution in [0.2, 0.25) is 0 Å². The molecule has 2 unspecified atom stereocenters. The van der Waals surface area contributed by atoms with Gasteiger partial charge >= 0.3 is 5.97 Å². The molecule has 98 valence electrons. The minimum Gasteiger partial charge on any atom is -0.481 e. The summed E-state index contributed by atoms with van der Waals surface area (Å²) in [6, 6.07) is -0.252. The van der Waals surface area contributed by atoms with Crippen LogP contribution in [-0.4, -0.2) is 26.7 Å². The van der Waals surface area contributed by atoms with Crippen LogP contribution in [0.1, 0.15) is 26.2 Å². The first-order chi connectivity index (χ1) is 8.45. The highest BCUT2D eigenvalue weighted by Gasteiger charge is 2.45. The van der Waals surface area contributed by atoms with Crippen molar-refractivity contribution in [3.05, 3.63) is 22.7 Å². The number of hydrogen-bond acceptors (Lipinski definition) is 4. The first-order valence-corrected chi connectivity index (χ1v) is 5.97. The van der Waals surface area contributed by atoms with Crippen LogP contribution in [0.3, 0.4) is 0 Å². The molecule has 1 heterocycles. The predicted molar refractivity (Wildman–Crippen MR) is 66.5 cm³/mol. The van der Waals surface area contributed by atoms with Crippen molar-refractivity contribution in [3.63, 3.8) is 0 Å². The lowest BCUT2D eigenvalue weighted by molar-refractivity contribution is -0.147. The monoisotopic (exact) mass is 251 g/mol. The summed E-state index contributed by atoms with van der Waals surface area (Å²) in [4.78, 5) is 27.2. The number of carboxylic acids is 1. The van der Waals surface area contributed by atoms with Gasteiger partial charge in [-0.3, -0.25) is 9.59 Å². The van der Waals surface area contributed by atoms with Crippen LogP contribution in [0.4, 0.5) is 5.82 Å². The van der Waals surface area contributed by atoms with Crippen LogP contribution in [0.5, 0.6) is 0 Å². The Kier molecular flexibility index (Phi) is 3.11.